The van der Waals surface area contributed by atoms with E-state index >= 15 is 0 Å². The van der Waals surface area contributed by atoms with Crippen LogP contribution in [0.4, 0.5) is 0 Å². The van der Waals surface area contributed by atoms with Gasteiger partial charge in [-0.2, -0.15) is 0 Å². The first kappa shape index (κ1) is 19.3. The lowest BCUT2D eigenvalue weighted by Crippen LogP contribution is -1.86. The maximum absolute atomic E-state index is 2.38. The minimum absolute atomic E-state index is 1.14. The Bertz CT molecular complexity index is 1510. The van der Waals surface area contributed by atoms with Crippen LogP contribution in [0.5, 0.6) is 0 Å². The second-order valence-electron chi connectivity index (χ2n) is 9.24. The Morgan fingerprint density at radius 2 is 0.812 bits per heavy atom. The van der Waals surface area contributed by atoms with Gasteiger partial charge >= 0.3 is 0 Å². The molecule has 0 atom stereocenters. The molecule has 156 valence electrons. The molecule has 0 saturated heterocycles. The standard InChI is InChI=1S/C32H28/c1-3-5-21-7-9-23-19-31-25(17-27(23)15-21)11-13-30-29(31)14-12-26-18-28-16-22(6-4-2)8-10-24(28)20-32(26)30/h7-20H,3-6H2,1-2H3. The van der Waals surface area contributed by atoms with Crippen LogP contribution in [0.3, 0.4) is 0 Å². The van der Waals surface area contributed by atoms with Crippen LogP contribution in [0.2, 0.25) is 0 Å². The third-order valence-corrected chi connectivity index (χ3v) is 6.95. The van der Waals surface area contributed by atoms with Gasteiger partial charge < -0.3 is 0 Å². The first-order valence-corrected chi connectivity index (χ1v) is 12.0. The average molecular weight is 413 g/mol. The summed E-state index contributed by atoms with van der Waals surface area (Å²) in [6, 6.07) is 32.6. The smallest absolute Gasteiger partial charge is 0.00987 e. The molecule has 0 N–H and O–H groups in total. The molecule has 0 aliphatic rings. The Labute approximate surface area is 189 Å². The highest BCUT2D eigenvalue weighted by molar-refractivity contribution is 6.20. The van der Waals surface area contributed by atoms with E-state index in [0.29, 0.717) is 0 Å². The summed E-state index contributed by atoms with van der Waals surface area (Å²) in [5.74, 6) is 0. The van der Waals surface area contributed by atoms with Crippen LogP contribution in [0.1, 0.15) is 37.8 Å². The molecule has 6 aromatic rings. The normalized spacial score (nSPS) is 11.9. The van der Waals surface area contributed by atoms with Gasteiger partial charge in [0.2, 0.25) is 0 Å². The summed E-state index contributed by atoms with van der Waals surface area (Å²) in [6.45, 7) is 4.49. The van der Waals surface area contributed by atoms with E-state index in [-0.39, 0.29) is 0 Å². The van der Waals surface area contributed by atoms with Crippen LogP contribution >= 0.6 is 0 Å². The van der Waals surface area contributed by atoms with Gasteiger partial charge in [0.15, 0.2) is 0 Å². The molecule has 6 aromatic carbocycles. The lowest BCUT2D eigenvalue weighted by Gasteiger charge is -2.11. The summed E-state index contributed by atoms with van der Waals surface area (Å²) < 4.78 is 0. The topological polar surface area (TPSA) is 0 Å². The molecular weight excluding hydrogens is 384 g/mol. The van der Waals surface area contributed by atoms with Crippen LogP contribution in [0, 0.1) is 0 Å². The van der Waals surface area contributed by atoms with E-state index in [1.54, 1.807) is 0 Å². The molecule has 0 aliphatic carbocycles. The number of hydrogen-bond donors (Lipinski definition) is 0. The monoisotopic (exact) mass is 412 g/mol. The van der Waals surface area contributed by atoms with Crippen LogP contribution in [-0.2, 0) is 12.8 Å². The average Bonchev–Trinajstić information content (AvgIpc) is 2.81. The summed E-state index contributed by atoms with van der Waals surface area (Å²) in [7, 11) is 0. The van der Waals surface area contributed by atoms with Crippen molar-refractivity contribution in [3.05, 3.63) is 96.1 Å². The Balaban J connectivity index is 1.59. The SMILES string of the molecule is CCCc1ccc2cc3c(ccc4c5cc6ccc(CCC)cc6cc5ccc34)cc2c1. The van der Waals surface area contributed by atoms with Gasteiger partial charge in [0.25, 0.3) is 0 Å². The van der Waals surface area contributed by atoms with E-state index in [1.165, 1.54) is 77.8 Å². The Hall–Kier alpha value is -3.38. The molecule has 0 aromatic heterocycles. The summed E-state index contributed by atoms with van der Waals surface area (Å²) >= 11 is 0. The van der Waals surface area contributed by atoms with E-state index in [9.17, 15) is 0 Å². The number of fused-ring (bicyclic) bond motifs is 7. The van der Waals surface area contributed by atoms with E-state index in [4.69, 9.17) is 0 Å². The van der Waals surface area contributed by atoms with Crippen molar-refractivity contribution in [3.63, 3.8) is 0 Å². The van der Waals surface area contributed by atoms with Gasteiger partial charge in [-0.25, -0.2) is 0 Å². The highest BCUT2D eigenvalue weighted by Gasteiger charge is 2.08. The van der Waals surface area contributed by atoms with Crippen molar-refractivity contribution in [2.75, 3.05) is 0 Å². The molecule has 0 amide bonds. The van der Waals surface area contributed by atoms with Crippen LogP contribution < -0.4 is 0 Å². The number of aryl methyl sites for hydroxylation is 2. The van der Waals surface area contributed by atoms with Crippen molar-refractivity contribution >= 4 is 53.9 Å². The van der Waals surface area contributed by atoms with E-state index in [2.05, 4.69) is 98.8 Å². The zero-order valence-electron chi connectivity index (χ0n) is 18.9. The quantitative estimate of drug-likeness (QED) is 0.200. The molecule has 32 heavy (non-hydrogen) atoms. The zero-order chi connectivity index (χ0) is 21.7. The molecule has 0 nitrogen and oxygen atoms in total. The molecular formula is C32H28. The molecule has 0 heteroatoms. The molecule has 0 bridgehead atoms. The van der Waals surface area contributed by atoms with Gasteiger partial charge in [-0.05, 0) is 102 Å². The van der Waals surface area contributed by atoms with Crippen LogP contribution in [-0.4, -0.2) is 0 Å². The maximum Gasteiger partial charge on any atom is -0.00987 e. The highest BCUT2D eigenvalue weighted by atomic mass is 14.1. The number of rotatable bonds is 4. The Kier molecular flexibility index (Phi) is 4.61. The first-order valence-electron chi connectivity index (χ1n) is 12.0. The fourth-order valence-electron chi connectivity index (χ4n) is 5.36. The van der Waals surface area contributed by atoms with Gasteiger partial charge in [-0.15, -0.1) is 0 Å². The zero-order valence-corrected chi connectivity index (χ0v) is 18.9. The van der Waals surface area contributed by atoms with Crippen molar-refractivity contribution in [2.45, 2.75) is 39.5 Å². The predicted octanol–water partition coefficient (Wildman–Crippen LogP) is 9.36. The fraction of sp³-hybridized carbons (Fsp3) is 0.188. The van der Waals surface area contributed by atoms with Crippen molar-refractivity contribution in [2.24, 2.45) is 0 Å². The molecule has 0 radical (unpaired) electrons. The van der Waals surface area contributed by atoms with Crippen molar-refractivity contribution in [1.82, 2.24) is 0 Å². The summed E-state index contributed by atoms with van der Waals surface area (Å²) in [4.78, 5) is 0. The van der Waals surface area contributed by atoms with Crippen molar-refractivity contribution < 1.29 is 0 Å². The van der Waals surface area contributed by atoms with Gasteiger partial charge in [0.1, 0.15) is 0 Å². The highest BCUT2D eigenvalue weighted by Crippen LogP contribution is 2.35. The lowest BCUT2D eigenvalue weighted by molar-refractivity contribution is 0.924. The molecule has 0 aliphatic heterocycles. The summed E-state index contributed by atoms with van der Waals surface area (Å²) in [5, 5.41) is 13.4. The van der Waals surface area contributed by atoms with Gasteiger partial charge in [0.05, 0.1) is 0 Å². The van der Waals surface area contributed by atoms with E-state index < -0.39 is 0 Å². The Morgan fingerprint density at radius 3 is 1.25 bits per heavy atom. The number of benzene rings is 6. The third kappa shape index (κ3) is 3.14. The van der Waals surface area contributed by atoms with Crippen LogP contribution in [0.15, 0.2) is 84.9 Å². The molecule has 6 rings (SSSR count). The first-order chi connectivity index (χ1) is 15.7. The lowest BCUT2D eigenvalue weighted by atomic mass is 9.93. The second kappa shape index (κ2) is 7.64. The van der Waals surface area contributed by atoms with Gasteiger partial charge in [0, 0.05) is 0 Å². The Morgan fingerprint density at radius 1 is 0.375 bits per heavy atom. The third-order valence-electron chi connectivity index (χ3n) is 6.95. The largest absolute Gasteiger partial charge is 0.0651 e. The summed E-state index contributed by atoms with van der Waals surface area (Å²) in [5.41, 5.74) is 2.86. The molecule has 0 heterocycles. The molecule has 0 saturated carbocycles. The maximum atomic E-state index is 2.38. The molecule has 0 fully saturated rings. The molecule has 0 unspecified atom stereocenters. The minimum Gasteiger partial charge on any atom is -0.0651 e. The van der Waals surface area contributed by atoms with Gasteiger partial charge in [-0.1, -0.05) is 87.4 Å². The summed E-state index contributed by atoms with van der Waals surface area (Å²) in [6.07, 6.45) is 4.66. The predicted molar refractivity (Wildman–Crippen MR) is 142 cm³/mol. The van der Waals surface area contributed by atoms with Gasteiger partial charge in [-0.3, -0.25) is 0 Å². The van der Waals surface area contributed by atoms with E-state index in [0.717, 1.165) is 12.8 Å². The minimum atomic E-state index is 1.14. The van der Waals surface area contributed by atoms with Crippen LogP contribution in [0.25, 0.3) is 53.9 Å². The second-order valence-corrected chi connectivity index (χ2v) is 9.24. The van der Waals surface area contributed by atoms with Crippen molar-refractivity contribution in [1.29, 1.82) is 0 Å². The van der Waals surface area contributed by atoms with Crippen molar-refractivity contribution in [3.8, 4) is 0 Å². The van der Waals surface area contributed by atoms with E-state index in [1.807, 2.05) is 0 Å². The molecule has 0 spiro atoms. The number of hydrogen-bond acceptors (Lipinski definition) is 0. The fourth-order valence-corrected chi connectivity index (χ4v) is 5.36.